The lowest BCUT2D eigenvalue weighted by Crippen LogP contribution is -2.12. The van der Waals surface area contributed by atoms with Crippen LogP contribution in [0.25, 0.3) is 0 Å². The fraction of sp³-hybridized carbons (Fsp3) is 0.400. The van der Waals surface area contributed by atoms with Gasteiger partial charge >= 0.3 is 0 Å². The Bertz CT molecular complexity index is 323. The van der Waals surface area contributed by atoms with Crippen molar-refractivity contribution in [1.29, 1.82) is 0 Å². The van der Waals surface area contributed by atoms with E-state index in [0.717, 1.165) is 15.1 Å². The van der Waals surface area contributed by atoms with Crippen molar-refractivity contribution in [3.05, 3.63) is 33.3 Å². The summed E-state index contributed by atoms with van der Waals surface area (Å²) in [5.74, 6) is 0.662. The topological polar surface area (TPSA) is 26.0 Å². The number of rotatable bonds is 2. The van der Waals surface area contributed by atoms with E-state index < -0.39 is 0 Å². The zero-order valence-electron chi connectivity index (χ0n) is 7.13. The van der Waals surface area contributed by atoms with Gasteiger partial charge in [-0.3, -0.25) is 0 Å². The first-order valence-electron chi connectivity index (χ1n) is 4.39. The molecule has 0 heterocycles. The van der Waals surface area contributed by atoms with Gasteiger partial charge in [-0.1, -0.05) is 27.5 Å². The highest BCUT2D eigenvalue weighted by atomic mass is 79.9. The summed E-state index contributed by atoms with van der Waals surface area (Å²) in [6.07, 6.45) is 2.50. The van der Waals surface area contributed by atoms with Crippen LogP contribution in [0.1, 0.15) is 24.4 Å². The smallest absolute Gasteiger partial charge is 0.0410 e. The molecule has 0 aliphatic heterocycles. The van der Waals surface area contributed by atoms with Crippen molar-refractivity contribution in [2.45, 2.75) is 18.9 Å². The Hall–Kier alpha value is -0.0500. The molecule has 1 nitrogen and oxygen atoms in total. The van der Waals surface area contributed by atoms with Crippen molar-refractivity contribution in [3.8, 4) is 0 Å². The zero-order valence-corrected chi connectivity index (χ0v) is 9.48. The first kappa shape index (κ1) is 9.50. The maximum absolute atomic E-state index is 6.08. The minimum Gasteiger partial charge on any atom is -0.324 e. The van der Waals surface area contributed by atoms with Gasteiger partial charge in [0.05, 0.1) is 0 Å². The maximum Gasteiger partial charge on any atom is 0.0410 e. The first-order chi connectivity index (χ1) is 6.18. The van der Waals surface area contributed by atoms with Gasteiger partial charge < -0.3 is 5.73 Å². The van der Waals surface area contributed by atoms with Gasteiger partial charge in [-0.05, 0) is 42.5 Å². The minimum absolute atomic E-state index is 0.146. The summed E-state index contributed by atoms with van der Waals surface area (Å²) >= 11 is 9.40. The molecule has 1 aromatic rings. The molecule has 2 N–H and O–H groups in total. The van der Waals surface area contributed by atoms with Crippen molar-refractivity contribution >= 4 is 27.5 Å². The van der Waals surface area contributed by atoms with Crippen LogP contribution in [0.5, 0.6) is 0 Å². The average molecular weight is 261 g/mol. The van der Waals surface area contributed by atoms with Crippen LogP contribution in [0.15, 0.2) is 22.7 Å². The van der Waals surface area contributed by atoms with Gasteiger partial charge in [0.25, 0.3) is 0 Å². The molecule has 3 heteroatoms. The first-order valence-corrected chi connectivity index (χ1v) is 5.56. The minimum atomic E-state index is 0.146. The lowest BCUT2D eigenvalue weighted by atomic mass is 10.0. The van der Waals surface area contributed by atoms with Crippen LogP contribution in [-0.2, 0) is 0 Å². The van der Waals surface area contributed by atoms with Gasteiger partial charge in [-0.15, -0.1) is 0 Å². The Balaban J connectivity index is 2.31. The monoisotopic (exact) mass is 259 g/mol. The second-order valence-electron chi connectivity index (χ2n) is 3.53. The van der Waals surface area contributed by atoms with Crippen LogP contribution in [-0.4, -0.2) is 0 Å². The molecule has 1 atom stereocenters. The van der Waals surface area contributed by atoms with E-state index in [2.05, 4.69) is 15.9 Å². The quantitative estimate of drug-likeness (QED) is 0.865. The fourth-order valence-corrected chi connectivity index (χ4v) is 2.17. The summed E-state index contributed by atoms with van der Waals surface area (Å²) in [4.78, 5) is 0. The van der Waals surface area contributed by atoms with E-state index in [1.165, 1.54) is 12.8 Å². The highest BCUT2D eigenvalue weighted by Crippen LogP contribution is 2.41. The maximum atomic E-state index is 6.08. The molecule has 0 spiro atoms. The summed E-state index contributed by atoms with van der Waals surface area (Å²) < 4.78 is 1.07. The van der Waals surface area contributed by atoms with Crippen LogP contribution < -0.4 is 5.73 Å². The van der Waals surface area contributed by atoms with Crippen molar-refractivity contribution in [2.75, 3.05) is 0 Å². The lowest BCUT2D eigenvalue weighted by Gasteiger charge is -2.12. The summed E-state index contributed by atoms with van der Waals surface area (Å²) in [6.45, 7) is 0. The molecular formula is C10H11BrClN. The van der Waals surface area contributed by atoms with Gasteiger partial charge in [-0.25, -0.2) is 0 Å². The van der Waals surface area contributed by atoms with Gasteiger partial charge in [0.15, 0.2) is 0 Å². The Kier molecular flexibility index (Phi) is 2.63. The Labute approximate surface area is 91.4 Å². The van der Waals surface area contributed by atoms with Gasteiger partial charge in [0.1, 0.15) is 0 Å². The van der Waals surface area contributed by atoms with E-state index in [9.17, 15) is 0 Å². The standard InChI is InChI=1S/C10H11BrClN/c11-9-4-3-7(12)5-8(9)10(13)6-1-2-6/h3-6,10H,1-2,13H2/t10-/m0/s1. The molecule has 1 aromatic carbocycles. The SMILES string of the molecule is N[C@H](c1cc(Cl)ccc1Br)C1CC1. The lowest BCUT2D eigenvalue weighted by molar-refractivity contribution is 0.631. The third-order valence-electron chi connectivity index (χ3n) is 2.45. The van der Waals surface area contributed by atoms with Gasteiger partial charge in [0.2, 0.25) is 0 Å². The van der Waals surface area contributed by atoms with Gasteiger partial charge in [0, 0.05) is 15.5 Å². The number of halogens is 2. The van der Waals surface area contributed by atoms with E-state index in [1.807, 2.05) is 18.2 Å². The molecule has 1 aliphatic carbocycles. The predicted octanol–water partition coefficient (Wildman–Crippen LogP) is 3.51. The van der Waals surface area contributed by atoms with E-state index >= 15 is 0 Å². The van der Waals surface area contributed by atoms with Crippen molar-refractivity contribution in [2.24, 2.45) is 11.7 Å². The van der Waals surface area contributed by atoms with Crippen LogP contribution in [0, 0.1) is 5.92 Å². The molecule has 0 unspecified atom stereocenters. The molecule has 1 fully saturated rings. The van der Waals surface area contributed by atoms with E-state index in [-0.39, 0.29) is 6.04 Å². The van der Waals surface area contributed by atoms with Crippen LogP contribution >= 0.6 is 27.5 Å². The van der Waals surface area contributed by atoms with Gasteiger partial charge in [-0.2, -0.15) is 0 Å². The summed E-state index contributed by atoms with van der Waals surface area (Å²) in [6, 6.07) is 5.93. The van der Waals surface area contributed by atoms with Crippen LogP contribution in [0.4, 0.5) is 0 Å². The third-order valence-corrected chi connectivity index (χ3v) is 3.40. The second-order valence-corrected chi connectivity index (χ2v) is 4.82. The molecule has 1 aliphatic rings. The molecule has 0 radical (unpaired) electrons. The number of benzene rings is 1. The number of nitrogens with two attached hydrogens (primary N) is 1. The highest BCUT2D eigenvalue weighted by molar-refractivity contribution is 9.10. The van der Waals surface area contributed by atoms with E-state index in [1.54, 1.807) is 0 Å². The number of hydrogen-bond acceptors (Lipinski definition) is 1. The molecule has 0 amide bonds. The Morgan fingerprint density at radius 2 is 2.15 bits per heavy atom. The molecule has 0 aromatic heterocycles. The van der Waals surface area contributed by atoms with Crippen LogP contribution in [0.2, 0.25) is 5.02 Å². The average Bonchev–Trinajstić information content (AvgIpc) is 2.91. The summed E-state index contributed by atoms with van der Waals surface area (Å²) in [5.41, 5.74) is 7.22. The molecule has 2 rings (SSSR count). The largest absolute Gasteiger partial charge is 0.324 e. The second kappa shape index (κ2) is 3.60. The summed E-state index contributed by atoms with van der Waals surface area (Å²) in [7, 11) is 0. The zero-order chi connectivity index (χ0) is 9.42. The van der Waals surface area contributed by atoms with Crippen LogP contribution in [0.3, 0.4) is 0 Å². The molecule has 0 bridgehead atoms. The third kappa shape index (κ3) is 2.06. The van der Waals surface area contributed by atoms with E-state index in [4.69, 9.17) is 17.3 Å². The Morgan fingerprint density at radius 3 is 2.77 bits per heavy atom. The normalized spacial score (nSPS) is 18.7. The van der Waals surface area contributed by atoms with E-state index in [0.29, 0.717) is 5.92 Å². The number of hydrogen-bond donors (Lipinski definition) is 1. The predicted molar refractivity (Wildman–Crippen MR) is 58.8 cm³/mol. The fourth-order valence-electron chi connectivity index (χ4n) is 1.48. The molecule has 70 valence electrons. The Morgan fingerprint density at radius 1 is 1.46 bits per heavy atom. The van der Waals surface area contributed by atoms with Crippen molar-refractivity contribution in [1.82, 2.24) is 0 Å². The summed E-state index contributed by atoms with van der Waals surface area (Å²) in [5, 5.41) is 0.759. The molecule has 13 heavy (non-hydrogen) atoms. The molecular weight excluding hydrogens is 249 g/mol. The molecule has 1 saturated carbocycles. The van der Waals surface area contributed by atoms with Crippen molar-refractivity contribution in [3.63, 3.8) is 0 Å². The van der Waals surface area contributed by atoms with Crippen molar-refractivity contribution < 1.29 is 0 Å². The highest BCUT2D eigenvalue weighted by Gasteiger charge is 2.30. The molecule has 0 saturated heterocycles.